The van der Waals surface area contributed by atoms with Crippen molar-refractivity contribution in [1.29, 1.82) is 0 Å². The molecule has 0 aliphatic rings. The summed E-state index contributed by atoms with van der Waals surface area (Å²) < 4.78 is 47.6. The molecule has 0 amide bonds. The predicted molar refractivity (Wildman–Crippen MR) is 134 cm³/mol. The first-order valence-corrected chi connectivity index (χ1v) is 12.9. The molecule has 0 bridgehead atoms. The monoisotopic (exact) mass is 578 g/mol. The second-order valence-electron chi connectivity index (χ2n) is 7.96. The number of aliphatic hydroxyl groups is 1. The van der Waals surface area contributed by atoms with E-state index in [0.717, 1.165) is 0 Å². The third kappa shape index (κ3) is 5.20. The fourth-order valence-corrected chi connectivity index (χ4v) is 5.08. The summed E-state index contributed by atoms with van der Waals surface area (Å²) in [6.45, 7) is 3.07. The average Bonchev–Trinajstić information content (AvgIpc) is 3.43. The maximum Gasteiger partial charge on any atom is 0.243 e. The van der Waals surface area contributed by atoms with Crippen LogP contribution in [-0.4, -0.2) is 58.2 Å². The molecule has 0 spiro atoms. The van der Waals surface area contributed by atoms with Gasteiger partial charge in [-0.1, -0.05) is 6.07 Å². The molecular weight excluding hydrogens is 556 g/mol. The number of nitrogens with one attached hydrogen (secondary N) is 1. The molecule has 190 valence electrons. The number of halogens is 1. The number of aromatic nitrogens is 5. The number of aryl methyl sites for hydroxylation is 1. The summed E-state index contributed by atoms with van der Waals surface area (Å²) in [6, 6.07) is 8.52. The van der Waals surface area contributed by atoms with Crippen LogP contribution in [0.2, 0.25) is 0 Å². The van der Waals surface area contributed by atoms with Crippen molar-refractivity contribution in [2.75, 3.05) is 24.7 Å². The van der Waals surface area contributed by atoms with Crippen molar-refractivity contribution in [2.45, 2.75) is 19.4 Å². The van der Waals surface area contributed by atoms with Crippen molar-refractivity contribution in [3.05, 3.63) is 58.8 Å². The van der Waals surface area contributed by atoms with Crippen LogP contribution in [0.5, 0.6) is 11.5 Å². The van der Waals surface area contributed by atoms with Gasteiger partial charge in [0.2, 0.25) is 21.8 Å². The molecule has 0 unspecified atom stereocenters. The molecule has 3 heterocycles. The standard InChI is InChI=1S/C22H23BrN6O6S/c1-13-8-9-17(35-13)19-26-27-21(29(19)18-15(33-3)6-5-7-16(18)34-4)28-36(31,32)12-22(2,30)20-24-10-14(23)11-25-20/h5-11,30H,12H2,1-4H3,(H,27,28)/t22-/m1/s1. The summed E-state index contributed by atoms with van der Waals surface area (Å²) in [5.74, 6) is 0.917. The van der Waals surface area contributed by atoms with Crippen molar-refractivity contribution in [3.63, 3.8) is 0 Å². The lowest BCUT2D eigenvalue weighted by molar-refractivity contribution is 0.0721. The number of anilines is 1. The maximum absolute atomic E-state index is 13.2. The normalized spacial score (nSPS) is 13.3. The number of sulfonamides is 1. The Morgan fingerprint density at radius 2 is 1.75 bits per heavy atom. The summed E-state index contributed by atoms with van der Waals surface area (Å²) in [5, 5.41) is 19.1. The molecule has 0 saturated heterocycles. The van der Waals surface area contributed by atoms with Gasteiger partial charge in [0.05, 0.1) is 18.7 Å². The van der Waals surface area contributed by atoms with Gasteiger partial charge >= 0.3 is 0 Å². The van der Waals surface area contributed by atoms with Crippen molar-refractivity contribution >= 4 is 31.9 Å². The highest BCUT2D eigenvalue weighted by Gasteiger charge is 2.35. The zero-order valence-electron chi connectivity index (χ0n) is 19.8. The minimum atomic E-state index is -4.21. The number of nitrogens with zero attached hydrogens (tertiary/aromatic N) is 5. The van der Waals surface area contributed by atoms with E-state index in [9.17, 15) is 13.5 Å². The van der Waals surface area contributed by atoms with Crippen LogP contribution in [0.3, 0.4) is 0 Å². The molecule has 14 heteroatoms. The zero-order valence-corrected chi connectivity index (χ0v) is 22.2. The Balaban J connectivity index is 1.80. The van der Waals surface area contributed by atoms with Crippen molar-refractivity contribution < 1.29 is 27.4 Å². The number of ether oxygens (including phenoxy) is 2. The van der Waals surface area contributed by atoms with Gasteiger partial charge < -0.3 is 19.0 Å². The highest BCUT2D eigenvalue weighted by atomic mass is 79.9. The third-order valence-corrected chi connectivity index (χ3v) is 6.91. The highest BCUT2D eigenvalue weighted by molar-refractivity contribution is 9.10. The van der Waals surface area contributed by atoms with E-state index in [0.29, 0.717) is 33.2 Å². The fraction of sp³-hybridized carbons (Fsp3) is 0.273. The molecular formula is C22H23BrN6O6S. The molecule has 3 aromatic heterocycles. The van der Waals surface area contributed by atoms with Crippen molar-refractivity contribution in [1.82, 2.24) is 24.7 Å². The Kier molecular flexibility index (Phi) is 7.02. The van der Waals surface area contributed by atoms with Crippen LogP contribution in [0, 0.1) is 6.92 Å². The van der Waals surface area contributed by atoms with Crippen LogP contribution in [0.25, 0.3) is 17.3 Å². The molecule has 1 atom stereocenters. The molecule has 2 N–H and O–H groups in total. The molecule has 0 saturated carbocycles. The first-order chi connectivity index (χ1) is 17.0. The first kappa shape index (κ1) is 25.6. The summed E-state index contributed by atoms with van der Waals surface area (Å²) in [5.41, 5.74) is -1.56. The van der Waals surface area contributed by atoms with E-state index in [1.165, 1.54) is 38.1 Å². The average molecular weight is 579 g/mol. The lowest BCUT2D eigenvalue weighted by atomic mass is 10.1. The molecule has 0 radical (unpaired) electrons. The Morgan fingerprint density at radius 1 is 1.11 bits per heavy atom. The van der Waals surface area contributed by atoms with Crippen LogP contribution in [0.4, 0.5) is 5.95 Å². The lowest BCUT2D eigenvalue weighted by Gasteiger charge is -2.22. The second kappa shape index (κ2) is 9.87. The lowest BCUT2D eigenvalue weighted by Crippen LogP contribution is -2.36. The summed E-state index contributed by atoms with van der Waals surface area (Å²) in [4.78, 5) is 8.04. The summed E-state index contributed by atoms with van der Waals surface area (Å²) in [6.07, 6.45) is 2.83. The maximum atomic E-state index is 13.2. The molecule has 0 aliphatic carbocycles. The minimum Gasteiger partial charge on any atom is -0.494 e. The van der Waals surface area contributed by atoms with Gasteiger partial charge in [-0.15, -0.1) is 10.2 Å². The van der Waals surface area contributed by atoms with E-state index >= 15 is 0 Å². The van der Waals surface area contributed by atoms with Crippen LogP contribution >= 0.6 is 15.9 Å². The molecule has 0 aliphatic heterocycles. The van der Waals surface area contributed by atoms with Gasteiger partial charge in [-0.2, -0.15) is 0 Å². The number of hydrogen-bond donors (Lipinski definition) is 2. The van der Waals surface area contributed by atoms with E-state index < -0.39 is 21.4 Å². The van der Waals surface area contributed by atoms with Gasteiger partial charge in [-0.05, 0) is 54.0 Å². The number of para-hydroxylation sites is 1. The summed E-state index contributed by atoms with van der Waals surface area (Å²) >= 11 is 3.21. The Morgan fingerprint density at radius 3 is 2.31 bits per heavy atom. The Bertz CT molecular complexity index is 1460. The SMILES string of the molecule is COc1cccc(OC)c1-n1c(NS(=O)(=O)C[C@@](C)(O)c2ncc(Br)cn2)nnc1-c1ccc(C)o1. The number of methoxy groups -OCH3 is 2. The van der Waals surface area contributed by atoms with E-state index in [1.54, 1.807) is 37.3 Å². The molecule has 4 rings (SSSR count). The van der Waals surface area contributed by atoms with E-state index in [1.807, 2.05) is 0 Å². The number of rotatable bonds is 9. The van der Waals surface area contributed by atoms with Gasteiger partial charge in [0.25, 0.3) is 0 Å². The van der Waals surface area contributed by atoms with Crippen molar-refractivity contribution in [2.24, 2.45) is 0 Å². The number of furan rings is 1. The largest absolute Gasteiger partial charge is 0.494 e. The third-order valence-electron chi connectivity index (χ3n) is 5.07. The van der Waals surface area contributed by atoms with Crippen LogP contribution < -0.4 is 14.2 Å². The Labute approximate surface area is 215 Å². The zero-order chi connectivity index (χ0) is 26.1. The predicted octanol–water partition coefficient (Wildman–Crippen LogP) is 3.05. The van der Waals surface area contributed by atoms with Gasteiger partial charge in [0.15, 0.2) is 11.6 Å². The molecule has 0 fully saturated rings. The summed E-state index contributed by atoms with van der Waals surface area (Å²) in [7, 11) is -1.27. The van der Waals surface area contributed by atoms with Gasteiger partial charge in [-0.25, -0.2) is 18.4 Å². The highest BCUT2D eigenvalue weighted by Crippen LogP contribution is 2.38. The Hall–Kier alpha value is -3.49. The molecule has 12 nitrogen and oxygen atoms in total. The second-order valence-corrected chi connectivity index (χ2v) is 10.6. The molecule has 36 heavy (non-hydrogen) atoms. The fourth-order valence-electron chi connectivity index (χ4n) is 3.53. The van der Waals surface area contributed by atoms with E-state index in [-0.39, 0.29) is 17.6 Å². The van der Waals surface area contributed by atoms with Gasteiger partial charge in [0.1, 0.15) is 34.3 Å². The smallest absolute Gasteiger partial charge is 0.243 e. The van der Waals surface area contributed by atoms with Crippen LogP contribution in [0.1, 0.15) is 18.5 Å². The number of benzene rings is 1. The molecule has 1 aromatic carbocycles. The topological polar surface area (TPSA) is 154 Å². The van der Waals surface area contributed by atoms with E-state index in [4.69, 9.17) is 13.9 Å². The minimum absolute atomic E-state index is 0.0595. The number of hydrogen-bond acceptors (Lipinski definition) is 10. The van der Waals surface area contributed by atoms with E-state index in [2.05, 4.69) is 40.8 Å². The molecule has 4 aromatic rings. The first-order valence-electron chi connectivity index (χ1n) is 10.5. The van der Waals surface area contributed by atoms with Gasteiger partial charge in [-0.3, -0.25) is 9.29 Å². The van der Waals surface area contributed by atoms with Crippen LogP contribution in [-0.2, 0) is 15.6 Å². The van der Waals surface area contributed by atoms with Crippen molar-refractivity contribution in [3.8, 4) is 28.8 Å². The van der Waals surface area contributed by atoms with Crippen LogP contribution in [0.15, 0.2) is 51.6 Å². The van der Waals surface area contributed by atoms with Gasteiger partial charge in [0, 0.05) is 12.4 Å². The quantitative estimate of drug-likeness (QED) is 0.302.